The first-order valence-electron chi connectivity index (χ1n) is 10.2. The fourth-order valence-corrected chi connectivity index (χ4v) is 4.18. The molecule has 1 aromatic heterocycles. The van der Waals surface area contributed by atoms with E-state index < -0.39 is 11.5 Å². The van der Waals surface area contributed by atoms with Gasteiger partial charge in [0, 0.05) is 5.41 Å². The maximum Gasteiger partial charge on any atom is 0.133 e. The predicted octanol–water partition coefficient (Wildman–Crippen LogP) is 5.75. The van der Waals surface area contributed by atoms with E-state index in [0.717, 1.165) is 22.4 Å². The quantitative estimate of drug-likeness (QED) is 0.411. The Bertz CT molecular complexity index is 981. The van der Waals surface area contributed by atoms with Crippen LogP contribution in [0.5, 0.6) is 5.75 Å². The summed E-state index contributed by atoms with van der Waals surface area (Å²) < 4.78 is 11.0. The van der Waals surface area contributed by atoms with Gasteiger partial charge in [0.15, 0.2) is 0 Å². The molecule has 0 aliphatic carbocycles. The van der Waals surface area contributed by atoms with Crippen molar-refractivity contribution < 1.29 is 14.3 Å². The van der Waals surface area contributed by atoms with E-state index in [1.54, 1.807) is 13.4 Å². The predicted molar refractivity (Wildman–Crippen MR) is 119 cm³/mol. The Hall–Kier alpha value is -3.30. The van der Waals surface area contributed by atoms with E-state index >= 15 is 0 Å². The van der Waals surface area contributed by atoms with E-state index in [1.807, 2.05) is 60.7 Å². The van der Waals surface area contributed by atoms with Crippen LogP contribution in [-0.2, 0) is 18.3 Å². The summed E-state index contributed by atoms with van der Waals surface area (Å²) in [6, 6.07) is 32.3. The summed E-state index contributed by atoms with van der Waals surface area (Å²) >= 11 is 0. The molecule has 0 aliphatic heterocycles. The van der Waals surface area contributed by atoms with Crippen molar-refractivity contribution in [3.8, 4) is 5.75 Å². The maximum absolute atomic E-state index is 11.7. The number of aliphatic hydroxyl groups excluding tert-OH is 1. The summed E-state index contributed by atoms with van der Waals surface area (Å²) in [5, 5.41) is 11.7. The van der Waals surface area contributed by atoms with Gasteiger partial charge < -0.3 is 14.3 Å². The van der Waals surface area contributed by atoms with Gasteiger partial charge in [-0.1, -0.05) is 72.8 Å². The van der Waals surface area contributed by atoms with Crippen molar-refractivity contribution in [2.75, 3.05) is 7.11 Å². The lowest BCUT2D eigenvalue weighted by molar-refractivity contribution is 0.0580. The third-order valence-electron chi connectivity index (χ3n) is 5.73. The molecule has 1 atom stereocenters. The van der Waals surface area contributed by atoms with Crippen molar-refractivity contribution in [3.63, 3.8) is 0 Å². The summed E-state index contributed by atoms with van der Waals surface area (Å²) in [5.74, 6) is 1.36. The molecule has 1 unspecified atom stereocenters. The maximum atomic E-state index is 11.7. The van der Waals surface area contributed by atoms with Crippen LogP contribution < -0.4 is 4.74 Å². The Morgan fingerprint density at radius 2 is 1.33 bits per heavy atom. The van der Waals surface area contributed by atoms with Crippen LogP contribution in [0.1, 0.15) is 28.6 Å². The summed E-state index contributed by atoms with van der Waals surface area (Å²) in [7, 11) is 1.66. The second-order valence-electron chi connectivity index (χ2n) is 7.63. The lowest BCUT2D eigenvalue weighted by atomic mass is 9.67. The molecular formula is C27H26O3. The van der Waals surface area contributed by atoms with E-state index in [1.165, 1.54) is 0 Å². The van der Waals surface area contributed by atoms with Gasteiger partial charge in [-0.2, -0.15) is 0 Å². The Morgan fingerprint density at radius 1 is 0.767 bits per heavy atom. The van der Waals surface area contributed by atoms with E-state index in [0.29, 0.717) is 18.6 Å². The van der Waals surface area contributed by atoms with Gasteiger partial charge in [-0.25, -0.2) is 0 Å². The Labute approximate surface area is 177 Å². The molecule has 0 fully saturated rings. The van der Waals surface area contributed by atoms with Gasteiger partial charge in [0.1, 0.15) is 17.6 Å². The fraction of sp³-hybridized carbons (Fsp3) is 0.185. The first-order chi connectivity index (χ1) is 14.7. The number of ether oxygens (including phenoxy) is 1. The molecule has 30 heavy (non-hydrogen) atoms. The Kier molecular flexibility index (Phi) is 6.01. The molecule has 0 aliphatic rings. The molecule has 4 rings (SSSR count). The van der Waals surface area contributed by atoms with Crippen LogP contribution in [-0.4, -0.2) is 12.2 Å². The summed E-state index contributed by atoms with van der Waals surface area (Å²) in [6.07, 6.45) is 2.12. The highest BCUT2D eigenvalue weighted by molar-refractivity contribution is 5.39. The molecular weight excluding hydrogens is 372 g/mol. The molecule has 1 heterocycles. The van der Waals surface area contributed by atoms with Gasteiger partial charge in [0.25, 0.3) is 0 Å². The average Bonchev–Trinajstić information content (AvgIpc) is 3.34. The minimum atomic E-state index is -0.818. The van der Waals surface area contributed by atoms with Crippen LogP contribution in [0.2, 0.25) is 0 Å². The van der Waals surface area contributed by atoms with Gasteiger partial charge in [-0.3, -0.25) is 0 Å². The zero-order chi connectivity index (χ0) is 20.8. The summed E-state index contributed by atoms with van der Waals surface area (Å²) in [4.78, 5) is 0. The largest absolute Gasteiger partial charge is 0.497 e. The number of methoxy groups -OCH3 is 1. The molecule has 152 valence electrons. The monoisotopic (exact) mass is 398 g/mol. The van der Waals surface area contributed by atoms with Crippen LogP contribution in [0.15, 0.2) is 108 Å². The second-order valence-corrected chi connectivity index (χ2v) is 7.63. The summed E-state index contributed by atoms with van der Waals surface area (Å²) in [6.45, 7) is 0. The van der Waals surface area contributed by atoms with Gasteiger partial charge >= 0.3 is 0 Å². The van der Waals surface area contributed by atoms with Crippen molar-refractivity contribution in [1.82, 2.24) is 0 Å². The highest BCUT2D eigenvalue weighted by atomic mass is 16.5. The average molecular weight is 399 g/mol. The van der Waals surface area contributed by atoms with Crippen LogP contribution in [0.3, 0.4) is 0 Å². The number of rotatable bonds is 8. The number of hydrogen-bond acceptors (Lipinski definition) is 3. The molecule has 0 saturated heterocycles. The first kappa shape index (κ1) is 20.0. The fourth-order valence-electron chi connectivity index (χ4n) is 4.18. The lowest BCUT2D eigenvalue weighted by Crippen LogP contribution is -2.38. The molecule has 3 aromatic carbocycles. The van der Waals surface area contributed by atoms with E-state index in [2.05, 4.69) is 36.4 Å². The highest BCUT2D eigenvalue weighted by Crippen LogP contribution is 2.44. The standard InChI is InChI=1S/C27H26O3/c1-29-24-16-14-23(15-17-24)27(19-21-9-4-2-5-10-21,20-22-11-6-3-7-12-22)26(28)25-13-8-18-30-25/h2-18,26,28H,19-20H2,1H3. The number of aliphatic hydroxyl groups is 1. The SMILES string of the molecule is COc1ccc(C(Cc2ccccc2)(Cc2ccccc2)C(O)c2ccco2)cc1. The van der Waals surface area contributed by atoms with Crippen molar-refractivity contribution >= 4 is 0 Å². The van der Waals surface area contributed by atoms with Crippen LogP contribution in [0.4, 0.5) is 0 Å². The molecule has 1 N–H and O–H groups in total. The molecule has 0 bridgehead atoms. The zero-order valence-corrected chi connectivity index (χ0v) is 17.1. The minimum Gasteiger partial charge on any atom is -0.497 e. The normalized spacial score (nSPS) is 12.5. The van der Waals surface area contributed by atoms with Gasteiger partial charge in [0.2, 0.25) is 0 Å². The topological polar surface area (TPSA) is 42.6 Å². The second kappa shape index (κ2) is 9.02. The third-order valence-corrected chi connectivity index (χ3v) is 5.73. The third kappa shape index (κ3) is 4.17. The van der Waals surface area contributed by atoms with E-state index in [-0.39, 0.29) is 0 Å². The first-order valence-corrected chi connectivity index (χ1v) is 10.2. The lowest BCUT2D eigenvalue weighted by Gasteiger charge is -2.38. The Morgan fingerprint density at radius 3 is 1.80 bits per heavy atom. The smallest absolute Gasteiger partial charge is 0.133 e. The van der Waals surface area contributed by atoms with Crippen LogP contribution in [0.25, 0.3) is 0 Å². The van der Waals surface area contributed by atoms with Gasteiger partial charge in [0.05, 0.1) is 13.4 Å². The Balaban J connectivity index is 1.87. The van der Waals surface area contributed by atoms with E-state index in [4.69, 9.17) is 9.15 Å². The molecule has 0 saturated carbocycles. The van der Waals surface area contributed by atoms with Crippen molar-refractivity contribution in [1.29, 1.82) is 0 Å². The number of furan rings is 1. The number of benzene rings is 3. The highest BCUT2D eigenvalue weighted by Gasteiger charge is 2.42. The van der Waals surface area contributed by atoms with Crippen molar-refractivity contribution in [2.24, 2.45) is 0 Å². The molecule has 3 nitrogen and oxygen atoms in total. The van der Waals surface area contributed by atoms with Crippen LogP contribution in [0, 0.1) is 0 Å². The number of hydrogen-bond donors (Lipinski definition) is 1. The molecule has 0 spiro atoms. The molecule has 0 amide bonds. The van der Waals surface area contributed by atoms with Crippen molar-refractivity contribution in [2.45, 2.75) is 24.4 Å². The molecule has 0 radical (unpaired) electrons. The van der Waals surface area contributed by atoms with Crippen molar-refractivity contribution in [3.05, 3.63) is 126 Å². The van der Waals surface area contributed by atoms with Crippen LogP contribution >= 0.6 is 0 Å². The summed E-state index contributed by atoms with van der Waals surface area (Å²) in [5.41, 5.74) is 2.75. The van der Waals surface area contributed by atoms with Gasteiger partial charge in [-0.05, 0) is 53.8 Å². The van der Waals surface area contributed by atoms with Gasteiger partial charge in [-0.15, -0.1) is 0 Å². The molecule has 3 heteroatoms. The zero-order valence-electron chi connectivity index (χ0n) is 17.1. The molecule has 4 aromatic rings. The minimum absolute atomic E-state index is 0.567. The van der Waals surface area contributed by atoms with E-state index in [9.17, 15) is 5.11 Å².